The number of likely N-dealkylation sites (tertiary alicyclic amines) is 1. The molecule has 128 valence electrons. The largest absolute Gasteiger partial charge is 0.393 e. The number of aliphatic hydroxyl groups excluding tert-OH is 1. The molecule has 1 saturated carbocycles. The van der Waals surface area contributed by atoms with Crippen LogP contribution in [0.15, 0.2) is 6.07 Å². The summed E-state index contributed by atoms with van der Waals surface area (Å²) >= 11 is 0. The Hall–Kier alpha value is -1.20. The molecule has 3 rings (SSSR count). The van der Waals surface area contributed by atoms with Gasteiger partial charge in [-0.3, -0.25) is 4.90 Å². The highest BCUT2D eigenvalue weighted by Crippen LogP contribution is 2.36. The number of aryl methyl sites for hydroxylation is 1. The van der Waals surface area contributed by atoms with Crippen LogP contribution in [0, 0.1) is 6.92 Å². The summed E-state index contributed by atoms with van der Waals surface area (Å²) in [5.41, 5.74) is 1.20. The summed E-state index contributed by atoms with van der Waals surface area (Å²) in [5.74, 6) is 2.11. The quantitative estimate of drug-likeness (QED) is 0.874. The summed E-state index contributed by atoms with van der Waals surface area (Å²) < 4.78 is 0. The van der Waals surface area contributed by atoms with Crippen molar-refractivity contribution < 1.29 is 5.11 Å². The first-order valence-corrected chi connectivity index (χ1v) is 8.96. The van der Waals surface area contributed by atoms with E-state index in [0.29, 0.717) is 5.92 Å². The second-order valence-corrected chi connectivity index (χ2v) is 7.76. The van der Waals surface area contributed by atoms with E-state index in [9.17, 15) is 5.11 Å². The predicted molar refractivity (Wildman–Crippen MR) is 92.7 cm³/mol. The van der Waals surface area contributed by atoms with E-state index in [1.807, 2.05) is 6.92 Å². The Balaban J connectivity index is 1.63. The average molecular weight is 318 g/mol. The van der Waals surface area contributed by atoms with Crippen molar-refractivity contribution >= 4 is 5.82 Å². The first kappa shape index (κ1) is 16.7. The summed E-state index contributed by atoms with van der Waals surface area (Å²) in [6, 6.07) is 2.07. The van der Waals surface area contributed by atoms with Gasteiger partial charge in [-0.1, -0.05) is 6.42 Å². The van der Waals surface area contributed by atoms with E-state index in [4.69, 9.17) is 0 Å². The van der Waals surface area contributed by atoms with Crippen molar-refractivity contribution in [3.05, 3.63) is 17.6 Å². The molecule has 1 aliphatic carbocycles. The lowest BCUT2D eigenvalue weighted by Crippen LogP contribution is -2.50. The third-order valence-corrected chi connectivity index (χ3v) is 5.30. The molecular formula is C18H30N4O. The molecule has 0 bridgehead atoms. The van der Waals surface area contributed by atoms with Crippen LogP contribution >= 0.6 is 0 Å². The molecule has 0 unspecified atom stereocenters. The standard InChI is InChI=1S/C18H30N4O/c1-13-20-16(14-9-15(23)10-14)11-17(21-13)19-12-18(2,3)22-7-5-4-6-8-22/h11,14-15,23H,4-10,12H2,1-3H3,(H,19,20,21). The van der Waals surface area contributed by atoms with Crippen molar-refractivity contribution in [1.29, 1.82) is 0 Å². The van der Waals surface area contributed by atoms with Crippen molar-refractivity contribution in [2.75, 3.05) is 25.0 Å². The van der Waals surface area contributed by atoms with Gasteiger partial charge in [-0.15, -0.1) is 0 Å². The third kappa shape index (κ3) is 4.01. The number of nitrogens with one attached hydrogen (secondary N) is 1. The molecule has 0 spiro atoms. The first-order chi connectivity index (χ1) is 10.9. The number of aromatic nitrogens is 2. The number of aliphatic hydroxyl groups is 1. The fourth-order valence-corrected chi connectivity index (χ4v) is 3.64. The van der Waals surface area contributed by atoms with Gasteiger partial charge in [-0.2, -0.15) is 0 Å². The molecule has 2 heterocycles. The van der Waals surface area contributed by atoms with Crippen molar-refractivity contribution in [2.24, 2.45) is 0 Å². The third-order valence-electron chi connectivity index (χ3n) is 5.30. The minimum absolute atomic E-state index is 0.131. The van der Waals surface area contributed by atoms with Crippen LogP contribution in [-0.4, -0.2) is 51.3 Å². The number of piperidine rings is 1. The van der Waals surface area contributed by atoms with Gasteiger partial charge in [0.1, 0.15) is 11.6 Å². The minimum atomic E-state index is -0.148. The average Bonchev–Trinajstić information content (AvgIpc) is 2.50. The van der Waals surface area contributed by atoms with E-state index in [-0.39, 0.29) is 11.6 Å². The maximum Gasteiger partial charge on any atom is 0.129 e. The van der Waals surface area contributed by atoms with E-state index in [1.54, 1.807) is 0 Å². The Bertz CT molecular complexity index is 534. The Labute approximate surface area is 139 Å². The topological polar surface area (TPSA) is 61.3 Å². The van der Waals surface area contributed by atoms with Crippen molar-refractivity contribution in [3.63, 3.8) is 0 Å². The molecule has 1 aromatic heterocycles. The van der Waals surface area contributed by atoms with Crippen LogP contribution in [0.25, 0.3) is 0 Å². The van der Waals surface area contributed by atoms with Crippen LogP contribution in [0.4, 0.5) is 5.82 Å². The van der Waals surface area contributed by atoms with E-state index in [1.165, 1.54) is 32.4 Å². The lowest BCUT2D eigenvalue weighted by atomic mass is 9.80. The van der Waals surface area contributed by atoms with E-state index in [0.717, 1.165) is 36.7 Å². The molecule has 0 aromatic carbocycles. The van der Waals surface area contributed by atoms with Crippen molar-refractivity contribution in [1.82, 2.24) is 14.9 Å². The van der Waals surface area contributed by atoms with Gasteiger partial charge in [0.25, 0.3) is 0 Å². The van der Waals surface area contributed by atoms with Crippen molar-refractivity contribution in [3.8, 4) is 0 Å². The summed E-state index contributed by atoms with van der Waals surface area (Å²) in [4.78, 5) is 11.7. The number of hydrogen-bond acceptors (Lipinski definition) is 5. The highest BCUT2D eigenvalue weighted by molar-refractivity contribution is 5.38. The minimum Gasteiger partial charge on any atom is -0.393 e. The summed E-state index contributed by atoms with van der Waals surface area (Å²) in [5, 5.41) is 13.0. The zero-order valence-corrected chi connectivity index (χ0v) is 14.7. The van der Waals surface area contributed by atoms with Gasteiger partial charge in [-0.05, 0) is 59.5 Å². The first-order valence-electron chi connectivity index (χ1n) is 8.96. The zero-order valence-electron chi connectivity index (χ0n) is 14.7. The molecule has 1 saturated heterocycles. The fourth-order valence-electron chi connectivity index (χ4n) is 3.64. The number of anilines is 1. The second kappa shape index (κ2) is 6.73. The van der Waals surface area contributed by atoms with Gasteiger partial charge in [0.15, 0.2) is 0 Å². The molecule has 23 heavy (non-hydrogen) atoms. The van der Waals surface area contributed by atoms with Gasteiger partial charge in [0.2, 0.25) is 0 Å². The number of hydrogen-bond donors (Lipinski definition) is 2. The molecular weight excluding hydrogens is 288 g/mol. The Morgan fingerprint density at radius 3 is 2.57 bits per heavy atom. The Morgan fingerprint density at radius 2 is 1.91 bits per heavy atom. The molecule has 0 amide bonds. The molecule has 5 heteroatoms. The summed E-state index contributed by atoms with van der Waals surface area (Å²) in [7, 11) is 0. The molecule has 2 aliphatic rings. The lowest BCUT2D eigenvalue weighted by Gasteiger charge is -2.41. The van der Waals surface area contributed by atoms with Crippen LogP contribution in [0.5, 0.6) is 0 Å². The lowest BCUT2D eigenvalue weighted by molar-refractivity contribution is 0.0731. The molecule has 2 N–H and O–H groups in total. The van der Waals surface area contributed by atoms with Gasteiger partial charge in [-0.25, -0.2) is 9.97 Å². The molecule has 2 fully saturated rings. The van der Waals surface area contributed by atoms with Crippen LogP contribution in [0.2, 0.25) is 0 Å². The van der Waals surface area contributed by atoms with Crippen LogP contribution in [-0.2, 0) is 0 Å². The molecule has 1 aliphatic heterocycles. The highest BCUT2D eigenvalue weighted by atomic mass is 16.3. The Kier molecular flexibility index (Phi) is 4.87. The van der Waals surface area contributed by atoms with E-state index < -0.39 is 0 Å². The Morgan fingerprint density at radius 1 is 1.22 bits per heavy atom. The van der Waals surface area contributed by atoms with Gasteiger partial charge < -0.3 is 10.4 Å². The predicted octanol–water partition coefficient (Wildman–Crippen LogP) is 2.70. The van der Waals surface area contributed by atoms with Crippen LogP contribution in [0.1, 0.15) is 63.4 Å². The maximum atomic E-state index is 9.51. The summed E-state index contributed by atoms with van der Waals surface area (Å²) in [6.07, 6.45) is 5.49. The van der Waals surface area contributed by atoms with Crippen LogP contribution in [0.3, 0.4) is 0 Å². The second-order valence-electron chi connectivity index (χ2n) is 7.76. The van der Waals surface area contributed by atoms with Gasteiger partial charge in [0, 0.05) is 29.8 Å². The highest BCUT2D eigenvalue weighted by Gasteiger charge is 2.31. The van der Waals surface area contributed by atoms with E-state index in [2.05, 4.69) is 40.1 Å². The number of nitrogens with zero attached hydrogens (tertiary/aromatic N) is 3. The van der Waals surface area contributed by atoms with E-state index >= 15 is 0 Å². The maximum absolute atomic E-state index is 9.51. The monoisotopic (exact) mass is 318 g/mol. The smallest absolute Gasteiger partial charge is 0.129 e. The fraction of sp³-hybridized carbons (Fsp3) is 0.778. The van der Waals surface area contributed by atoms with Gasteiger partial charge >= 0.3 is 0 Å². The van der Waals surface area contributed by atoms with Crippen LogP contribution < -0.4 is 5.32 Å². The zero-order chi connectivity index (χ0) is 16.4. The van der Waals surface area contributed by atoms with Gasteiger partial charge in [0.05, 0.1) is 6.10 Å². The SMILES string of the molecule is Cc1nc(NCC(C)(C)N2CCCCC2)cc(C2CC(O)C2)n1. The van der Waals surface area contributed by atoms with Crippen molar-refractivity contribution in [2.45, 2.75) is 70.4 Å². The summed E-state index contributed by atoms with van der Waals surface area (Å²) in [6.45, 7) is 9.84. The molecule has 0 radical (unpaired) electrons. The molecule has 0 atom stereocenters. The molecule has 1 aromatic rings. The number of rotatable bonds is 5. The molecule has 5 nitrogen and oxygen atoms in total. The normalized spacial score (nSPS) is 25.9.